The Morgan fingerprint density at radius 1 is 0.811 bits per heavy atom. The van der Waals surface area contributed by atoms with E-state index in [1.807, 2.05) is 66.7 Å². The van der Waals surface area contributed by atoms with Gasteiger partial charge in [-0.2, -0.15) is 0 Å². The van der Waals surface area contributed by atoms with Crippen LogP contribution in [0.25, 0.3) is 0 Å². The molecule has 2 fully saturated rings. The molecular weight excluding hydrogens is 458 g/mol. The minimum Gasteiger partial charge on any atom is -0.303 e. The maximum Gasteiger partial charge on any atom is 0.269 e. The molecule has 0 spiro atoms. The molecule has 1 aliphatic carbocycles. The minimum atomic E-state index is -0.512. The average Bonchev–Trinajstić information content (AvgIpc) is 3.79. The predicted molar refractivity (Wildman–Crippen MR) is 147 cm³/mol. The van der Waals surface area contributed by atoms with Crippen LogP contribution in [-0.4, -0.2) is 36.3 Å². The van der Waals surface area contributed by atoms with Crippen LogP contribution in [0.1, 0.15) is 89.4 Å². The number of amides is 2. The third kappa shape index (κ3) is 6.11. The second kappa shape index (κ2) is 11.7. The van der Waals surface area contributed by atoms with Crippen molar-refractivity contribution in [3.8, 4) is 0 Å². The van der Waals surface area contributed by atoms with E-state index in [9.17, 15) is 9.59 Å². The fourth-order valence-electron chi connectivity index (χ4n) is 5.62. The fraction of sp³-hybridized carbons (Fsp3) is 0.375. The lowest BCUT2D eigenvalue weighted by atomic mass is 9.84. The van der Waals surface area contributed by atoms with Crippen LogP contribution >= 0.6 is 0 Å². The lowest BCUT2D eigenvalue weighted by Gasteiger charge is -2.33. The van der Waals surface area contributed by atoms with Crippen LogP contribution in [0, 0.1) is 0 Å². The molecule has 5 heteroatoms. The molecule has 2 N–H and O–H groups in total. The van der Waals surface area contributed by atoms with Gasteiger partial charge in [0.2, 0.25) is 5.91 Å². The van der Waals surface area contributed by atoms with Crippen LogP contribution in [0.4, 0.5) is 0 Å². The molecule has 2 aliphatic rings. The molecule has 0 unspecified atom stereocenters. The number of nitrogens with zero attached hydrogens (tertiary/aromatic N) is 1. The van der Waals surface area contributed by atoms with Gasteiger partial charge in [0.1, 0.15) is 0 Å². The molecule has 5 nitrogen and oxygen atoms in total. The lowest BCUT2D eigenvalue weighted by molar-refractivity contribution is -0.122. The standard InChI is InChI=1S/C32H37N3O2/c1-2-19-35-20-17-24(18-21-35)29-22-27(23-13-14-23)15-16-28(29)31(36)33-34-32(37)30(25-9-5-3-6-10-25)26-11-7-4-8-12-26/h3-12,15-16,22-24,30H,2,13-14,17-21H2,1H3,(H,33,36)(H,34,37). The van der Waals surface area contributed by atoms with Gasteiger partial charge >= 0.3 is 0 Å². The van der Waals surface area contributed by atoms with Gasteiger partial charge in [-0.25, -0.2) is 0 Å². The Bertz CT molecular complexity index is 1160. The molecule has 37 heavy (non-hydrogen) atoms. The minimum absolute atomic E-state index is 0.249. The summed E-state index contributed by atoms with van der Waals surface area (Å²) in [6.45, 7) is 5.50. The van der Waals surface area contributed by atoms with Gasteiger partial charge in [-0.1, -0.05) is 79.7 Å². The molecule has 1 saturated carbocycles. The summed E-state index contributed by atoms with van der Waals surface area (Å²) < 4.78 is 0. The van der Waals surface area contributed by atoms with Crippen molar-refractivity contribution in [1.29, 1.82) is 0 Å². The molecule has 0 atom stereocenters. The largest absolute Gasteiger partial charge is 0.303 e. The van der Waals surface area contributed by atoms with E-state index in [1.165, 1.54) is 24.8 Å². The first kappa shape index (κ1) is 25.2. The Morgan fingerprint density at radius 3 is 2.00 bits per heavy atom. The molecule has 192 valence electrons. The van der Waals surface area contributed by atoms with E-state index in [0.29, 0.717) is 17.4 Å². The van der Waals surface area contributed by atoms with Crippen LogP contribution in [0.5, 0.6) is 0 Å². The van der Waals surface area contributed by atoms with Gasteiger partial charge in [0.05, 0.1) is 5.92 Å². The van der Waals surface area contributed by atoms with Gasteiger partial charge < -0.3 is 4.90 Å². The lowest BCUT2D eigenvalue weighted by Crippen LogP contribution is -2.44. The Hall–Kier alpha value is -3.44. The summed E-state index contributed by atoms with van der Waals surface area (Å²) in [5, 5.41) is 0. The highest BCUT2D eigenvalue weighted by Gasteiger charge is 2.29. The topological polar surface area (TPSA) is 61.4 Å². The predicted octanol–water partition coefficient (Wildman–Crippen LogP) is 5.75. The van der Waals surface area contributed by atoms with Gasteiger partial charge in [0, 0.05) is 5.56 Å². The van der Waals surface area contributed by atoms with Gasteiger partial charge in [-0.15, -0.1) is 0 Å². The quantitative estimate of drug-likeness (QED) is 0.392. The summed E-state index contributed by atoms with van der Waals surface area (Å²) in [5.74, 6) is -0.0171. The molecule has 5 rings (SSSR count). The zero-order valence-corrected chi connectivity index (χ0v) is 21.7. The number of hydrazine groups is 1. The maximum atomic E-state index is 13.4. The number of nitrogens with one attached hydrogen (secondary N) is 2. The highest BCUT2D eigenvalue weighted by molar-refractivity contribution is 5.98. The zero-order valence-electron chi connectivity index (χ0n) is 21.7. The monoisotopic (exact) mass is 495 g/mol. The number of rotatable bonds is 8. The van der Waals surface area contributed by atoms with E-state index in [2.05, 4.69) is 34.8 Å². The van der Waals surface area contributed by atoms with Crippen molar-refractivity contribution in [3.05, 3.63) is 107 Å². The molecular formula is C32H37N3O2. The molecule has 1 aliphatic heterocycles. The fourth-order valence-corrected chi connectivity index (χ4v) is 5.62. The average molecular weight is 496 g/mol. The van der Waals surface area contributed by atoms with Crippen molar-refractivity contribution in [2.45, 2.75) is 56.8 Å². The Morgan fingerprint density at radius 2 is 1.43 bits per heavy atom. The zero-order chi connectivity index (χ0) is 25.6. The summed E-state index contributed by atoms with van der Waals surface area (Å²) in [6.07, 6.45) is 5.75. The van der Waals surface area contributed by atoms with Crippen LogP contribution in [0.3, 0.4) is 0 Å². The Labute approximate surface area is 220 Å². The number of piperidine rings is 1. The molecule has 0 bridgehead atoms. The number of likely N-dealkylation sites (tertiary alicyclic amines) is 1. The van der Waals surface area contributed by atoms with Crippen molar-refractivity contribution in [3.63, 3.8) is 0 Å². The number of benzene rings is 3. The molecule has 0 radical (unpaired) electrons. The third-order valence-electron chi connectivity index (χ3n) is 7.76. The van der Waals surface area contributed by atoms with E-state index in [1.54, 1.807) is 0 Å². The van der Waals surface area contributed by atoms with Gasteiger partial charge in [0.25, 0.3) is 5.91 Å². The van der Waals surface area contributed by atoms with E-state index in [0.717, 1.165) is 49.2 Å². The molecule has 3 aromatic rings. The molecule has 1 saturated heterocycles. The van der Waals surface area contributed by atoms with Crippen LogP contribution in [0.2, 0.25) is 0 Å². The van der Waals surface area contributed by atoms with Gasteiger partial charge in [-0.3, -0.25) is 20.4 Å². The number of carbonyl (C=O) groups excluding carboxylic acids is 2. The highest BCUT2D eigenvalue weighted by Crippen LogP contribution is 2.42. The Balaban J connectivity index is 1.33. The van der Waals surface area contributed by atoms with Crippen molar-refractivity contribution in [2.24, 2.45) is 0 Å². The molecule has 2 amide bonds. The van der Waals surface area contributed by atoms with Gasteiger partial charge in [-0.05, 0) is 91.9 Å². The first-order valence-corrected chi connectivity index (χ1v) is 13.7. The summed E-state index contributed by atoms with van der Waals surface area (Å²) in [4.78, 5) is 29.3. The SMILES string of the molecule is CCCN1CCC(c2cc(C3CC3)ccc2C(=O)NNC(=O)C(c2ccccc2)c2ccccc2)CC1. The van der Waals surface area contributed by atoms with E-state index >= 15 is 0 Å². The van der Waals surface area contributed by atoms with E-state index in [4.69, 9.17) is 0 Å². The van der Waals surface area contributed by atoms with Crippen LogP contribution in [-0.2, 0) is 4.79 Å². The summed E-state index contributed by atoms with van der Waals surface area (Å²) in [5.41, 5.74) is 10.4. The molecule has 0 aromatic heterocycles. The van der Waals surface area contributed by atoms with Crippen LogP contribution in [0.15, 0.2) is 78.9 Å². The first-order chi connectivity index (χ1) is 18.1. The number of hydrogen-bond acceptors (Lipinski definition) is 3. The molecule has 3 aromatic carbocycles. The maximum absolute atomic E-state index is 13.4. The van der Waals surface area contributed by atoms with Crippen LogP contribution < -0.4 is 10.9 Å². The summed E-state index contributed by atoms with van der Waals surface area (Å²) in [6, 6.07) is 25.7. The number of carbonyl (C=O) groups is 2. The van der Waals surface area contributed by atoms with E-state index < -0.39 is 5.92 Å². The first-order valence-electron chi connectivity index (χ1n) is 13.7. The molecule has 1 heterocycles. The van der Waals surface area contributed by atoms with Crippen molar-refractivity contribution < 1.29 is 9.59 Å². The summed E-state index contributed by atoms with van der Waals surface area (Å²) >= 11 is 0. The smallest absolute Gasteiger partial charge is 0.269 e. The Kier molecular flexibility index (Phi) is 8.00. The second-order valence-corrected chi connectivity index (χ2v) is 10.4. The summed E-state index contributed by atoms with van der Waals surface area (Å²) in [7, 11) is 0. The van der Waals surface area contributed by atoms with Gasteiger partial charge in [0.15, 0.2) is 0 Å². The van der Waals surface area contributed by atoms with Crippen molar-refractivity contribution in [1.82, 2.24) is 15.8 Å². The highest BCUT2D eigenvalue weighted by atomic mass is 16.2. The van der Waals surface area contributed by atoms with Crippen molar-refractivity contribution in [2.75, 3.05) is 19.6 Å². The normalized spacial score (nSPS) is 16.5. The van der Waals surface area contributed by atoms with E-state index in [-0.39, 0.29) is 11.8 Å². The number of hydrogen-bond donors (Lipinski definition) is 2. The van der Waals surface area contributed by atoms with Crippen molar-refractivity contribution >= 4 is 11.8 Å². The second-order valence-electron chi connectivity index (χ2n) is 10.4. The third-order valence-corrected chi connectivity index (χ3v) is 7.76.